The summed E-state index contributed by atoms with van der Waals surface area (Å²) >= 11 is 0. The number of carbonyl (C=O) groups is 2. The fraction of sp³-hybridized carbons (Fsp3) is 0.412. The Labute approximate surface area is 136 Å². The van der Waals surface area contributed by atoms with Gasteiger partial charge in [0.15, 0.2) is 11.5 Å². The number of hydrogen-bond acceptors (Lipinski definition) is 4. The quantitative estimate of drug-likeness (QED) is 0.813. The van der Waals surface area contributed by atoms with Gasteiger partial charge in [0, 0.05) is 12.5 Å². The Kier molecular flexibility index (Phi) is 6.18. The molecule has 0 heterocycles. The van der Waals surface area contributed by atoms with Crippen molar-refractivity contribution in [2.75, 3.05) is 21.3 Å². The van der Waals surface area contributed by atoms with E-state index >= 15 is 0 Å². The molecule has 1 aromatic rings. The highest BCUT2D eigenvalue weighted by Gasteiger charge is 2.23. The van der Waals surface area contributed by atoms with Crippen LogP contribution in [-0.4, -0.2) is 33.1 Å². The molecule has 1 aromatic carbocycles. The molecule has 0 spiro atoms. The molecule has 0 saturated heterocycles. The van der Waals surface area contributed by atoms with Crippen LogP contribution >= 0.6 is 0 Å². The average Bonchev–Trinajstić information content (AvgIpc) is 2.52. The van der Waals surface area contributed by atoms with E-state index in [0.717, 1.165) is 0 Å². The van der Waals surface area contributed by atoms with Gasteiger partial charge < -0.3 is 20.1 Å². The molecule has 0 aromatic heterocycles. The molecule has 0 fully saturated rings. The first kappa shape index (κ1) is 18.5. The lowest BCUT2D eigenvalue weighted by atomic mass is 9.95. The molecule has 0 atom stereocenters. The number of rotatable bonds is 5. The number of nitrogens with one attached hydrogen (secondary N) is 2. The lowest BCUT2D eigenvalue weighted by Crippen LogP contribution is -2.39. The standard InChI is InChI=1S/C17H24N2O4/c1-17(2,3)16(21)19-12(15(20)18-4)9-11-7-8-13(22-5)14(10-11)23-6/h7-10H,1-6H3,(H,18,20)(H,19,21)/b12-9-. The predicted molar refractivity (Wildman–Crippen MR) is 89.2 cm³/mol. The van der Waals surface area contributed by atoms with Crippen molar-refractivity contribution < 1.29 is 19.1 Å². The van der Waals surface area contributed by atoms with E-state index in [2.05, 4.69) is 10.6 Å². The summed E-state index contributed by atoms with van der Waals surface area (Å²) in [6.07, 6.45) is 1.59. The van der Waals surface area contributed by atoms with Crippen molar-refractivity contribution in [2.45, 2.75) is 20.8 Å². The third-order valence-corrected chi connectivity index (χ3v) is 3.12. The molecule has 126 valence electrons. The van der Waals surface area contributed by atoms with Gasteiger partial charge in [-0.25, -0.2) is 0 Å². The fourth-order valence-electron chi connectivity index (χ4n) is 1.71. The third kappa shape index (κ3) is 5.02. The summed E-state index contributed by atoms with van der Waals surface area (Å²) in [5.41, 5.74) is 0.264. The van der Waals surface area contributed by atoms with Crippen molar-refractivity contribution in [1.82, 2.24) is 10.6 Å². The highest BCUT2D eigenvalue weighted by Crippen LogP contribution is 2.28. The van der Waals surface area contributed by atoms with Crippen molar-refractivity contribution in [2.24, 2.45) is 5.41 Å². The predicted octanol–water partition coefficient (Wildman–Crippen LogP) is 1.95. The van der Waals surface area contributed by atoms with E-state index in [1.165, 1.54) is 14.2 Å². The maximum atomic E-state index is 12.1. The summed E-state index contributed by atoms with van der Waals surface area (Å²) in [4.78, 5) is 24.1. The maximum Gasteiger partial charge on any atom is 0.267 e. The molecular weight excluding hydrogens is 296 g/mol. The van der Waals surface area contributed by atoms with Gasteiger partial charge in [0.1, 0.15) is 5.70 Å². The summed E-state index contributed by atoms with van der Waals surface area (Å²) in [6, 6.07) is 5.23. The fourth-order valence-corrected chi connectivity index (χ4v) is 1.71. The van der Waals surface area contributed by atoms with Crippen LogP contribution in [0.4, 0.5) is 0 Å². The lowest BCUT2D eigenvalue weighted by molar-refractivity contribution is -0.129. The molecule has 23 heavy (non-hydrogen) atoms. The van der Waals surface area contributed by atoms with Gasteiger partial charge in [-0.2, -0.15) is 0 Å². The normalized spacial score (nSPS) is 11.7. The summed E-state index contributed by atoms with van der Waals surface area (Å²) in [6.45, 7) is 5.33. The molecule has 6 heteroatoms. The summed E-state index contributed by atoms with van der Waals surface area (Å²) < 4.78 is 10.4. The average molecular weight is 320 g/mol. The number of hydrogen-bond donors (Lipinski definition) is 2. The summed E-state index contributed by atoms with van der Waals surface area (Å²) in [5.74, 6) is 0.509. The van der Waals surface area contributed by atoms with E-state index in [9.17, 15) is 9.59 Å². The third-order valence-electron chi connectivity index (χ3n) is 3.12. The van der Waals surface area contributed by atoms with Crippen molar-refractivity contribution in [3.8, 4) is 11.5 Å². The summed E-state index contributed by atoms with van der Waals surface area (Å²) in [5, 5.41) is 5.18. The topological polar surface area (TPSA) is 76.7 Å². The van der Waals surface area contributed by atoms with Crippen LogP contribution in [0.3, 0.4) is 0 Å². The van der Waals surface area contributed by atoms with Crippen LogP contribution < -0.4 is 20.1 Å². The van der Waals surface area contributed by atoms with Crippen molar-refractivity contribution >= 4 is 17.9 Å². The van der Waals surface area contributed by atoms with Crippen LogP contribution in [0, 0.1) is 5.41 Å². The second kappa shape index (κ2) is 7.67. The van der Waals surface area contributed by atoms with Crippen molar-refractivity contribution in [3.05, 3.63) is 29.5 Å². The largest absolute Gasteiger partial charge is 0.493 e. The van der Waals surface area contributed by atoms with E-state index in [1.54, 1.807) is 52.2 Å². The van der Waals surface area contributed by atoms with Gasteiger partial charge in [-0.1, -0.05) is 26.8 Å². The number of methoxy groups -OCH3 is 2. The minimum atomic E-state index is -0.606. The minimum Gasteiger partial charge on any atom is -0.493 e. The van der Waals surface area contributed by atoms with Gasteiger partial charge in [-0.15, -0.1) is 0 Å². The lowest BCUT2D eigenvalue weighted by Gasteiger charge is -2.19. The van der Waals surface area contributed by atoms with Crippen LogP contribution in [0.2, 0.25) is 0 Å². The molecule has 0 saturated carbocycles. The number of carbonyl (C=O) groups excluding carboxylic acids is 2. The highest BCUT2D eigenvalue weighted by atomic mass is 16.5. The Morgan fingerprint density at radius 1 is 1.09 bits per heavy atom. The number of amides is 2. The molecule has 0 unspecified atom stereocenters. The van der Waals surface area contributed by atoms with Crippen LogP contribution in [-0.2, 0) is 9.59 Å². The first-order valence-electron chi connectivity index (χ1n) is 7.20. The van der Waals surface area contributed by atoms with Gasteiger partial charge in [-0.05, 0) is 23.8 Å². The molecule has 0 aliphatic carbocycles. The Balaban J connectivity index is 3.19. The van der Waals surface area contributed by atoms with E-state index in [1.807, 2.05) is 0 Å². The zero-order valence-electron chi connectivity index (χ0n) is 14.4. The van der Waals surface area contributed by atoms with Gasteiger partial charge >= 0.3 is 0 Å². The van der Waals surface area contributed by atoms with E-state index in [4.69, 9.17) is 9.47 Å². The molecule has 0 aliphatic rings. The van der Waals surface area contributed by atoms with Crippen LogP contribution in [0.25, 0.3) is 6.08 Å². The zero-order chi connectivity index (χ0) is 17.6. The molecule has 0 aliphatic heterocycles. The molecule has 0 radical (unpaired) electrons. The second-order valence-corrected chi connectivity index (χ2v) is 5.96. The molecule has 2 N–H and O–H groups in total. The Hall–Kier alpha value is -2.50. The van der Waals surface area contributed by atoms with Gasteiger partial charge in [0.05, 0.1) is 14.2 Å². The van der Waals surface area contributed by atoms with E-state index < -0.39 is 5.41 Å². The smallest absolute Gasteiger partial charge is 0.267 e. The first-order chi connectivity index (χ1) is 10.7. The van der Waals surface area contributed by atoms with Crippen LogP contribution in [0.1, 0.15) is 26.3 Å². The zero-order valence-corrected chi connectivity index (χ0v) is 14.4. The molecule has 1 rings (SSSR count). The van der Waals surface area contributed by atoms with Crippen LogP contribution in [0.15, 0.2) is 23.9 Å². The Bertz CT molecular complexity index is 616. The monoisotopic (exact) mass is 320 g/mol. The number of ether oxygens (including phenoxy) is 2. The maximum absolute atomic E-state index is 12.1. The molecule has 0 bridgehead atoms. The van der Waals surface area contributed by atoms with Gasteiger partial charge in [0.25, 0.3) is 5.91 Å². The van der Waals surface area contributed by atoms with Crippen molar-refractivity contribution in [3.63, 3.8) is 0 Å². The molecule has 2 amide bonds. The van der Waals surface area contributed by atoms with E-state index in [-0.39, 0.29) is 17.5 Å². The first-order valence-corrected chi connectivity index (χ1v) is 7.20. The van der Waals surface area contributed by atoms with Crippen molar-refractivity contribution in [1.29, 1.82) is 0 Å². The van der Waals surface area contributed by atoms with Gasteiger partial charge in [0.2, 0.25) is 5.91 Å². The number of benzene rings is 1. The molecular formula is C17H24N2O4. The highest BCUT2D eigenvalue weighted by molar-refractivity contribution is 6.01. The van der Waals surface area contributed by atoms with Gasteiger partial charge in [-0.3, -0.25) is 9.59 Å². The molecule has 6 nitrogen and oxygen atoms in total. The summed E-state index contributed by atoms with van der Waals surface area (Å²) in [7, 11) is 4.59. The Morgan fingerprint density at radius 3 is 2.17 bits per heavy atom. The second-order valence-electron chi connectivity index (χ2n) is 5.96. The Morgan fingerprint density at radius 2 is 1.70 bits per heavy atom. The van der Waals surface area contributed by atoms with E-state index in [0.29, 0.717) is 17.1 Å². The van der Waals surface area contributed by atoms with Crippen LogP contribution in [0.5, 0.6) is 11.5 Å². The minimum absolute atomic E-state index is 0.166. The number of likely N-dealkylation sites (N-methyl/N-ethyl adjacent to an activating group) is 1. The SMILES string of the molecule is CNC(=O)/C(=C/c1ccc(OC)c(OC)c1)NC(=O)C(C)(C)C.